The number of piperazine rings is 1. The fourth-order valence-corrected chi connectivity index (χ4v) is 3.61. The molecule has 1 saturated heterocycles. The van der Waals surface area contributed by atoms with Gasteiger partial charge >= 0.3 is 0 Å². The summed E-state index contributed by atoms with van der Waals surface area (Å²) in [5.41, 5.74) is 2.56. The molecule has 0 spiro atoms. The van der Waals surface area contributed by atoms with Gasteiger partial charge in [0.15, 0.2) is 0 Å². The second-order valence-electron chi connectivity index (χ2n) is 7.07. The maximum Gasteiger partial charge on any atom is 0.244 e. The Labute approximate surface area is 166 Å². The third kappa shape index (κ3) is 4.10. The summed E-state index contributed by atoms with van der Waals surface area (Å²) in [4.78, 5) is 19.0. The van der Waals surface area contributed by atoms with Gasteiger partial charge in [-0.05, 0) is 23.8 Å². The quantitative estimate of drug-likeness (QED) is 0.800. The van der Waals surface area contributed by atoms with E-state index < -0.39 is 0 Å². The number of benzene rings is 2. The number of methoxy groups -OCH3 is 1. The van der Waals surface area contributed by atoms with Gasteiger partial charge in [-0.25, -0.2) is 0 Å². The number of ether oxygens (including phenoxy) is 1. The summed E-state index contributed by atoms with van der Waals surface area (Å²) >= 11 is 0. The van der Waals surface area contributed by atoms with Gasteiger partial charge < -0.3 is 14.5 Å². The molecule has 0 bridgehead atoms. The van der Waals surface area contributed by atoms with Gasteiger partial charge in [0, 0.05) is 46.0 Å². The van der Waals surface area contributed by atoms with Crippen LogP contribution in [0.4, 0.5) is 5.69 Å². The Bertz CT molecular complexity index is 853. The van der Waals surface area contributed by atoms with Crippen molar-refractivity contribution in [2.24, 2.45) is 0 Å². The number of amides is 1. The van der Waals surface area contributed by atoms with E-state index in [0.29, 0.717) is 11.3 Å². The van der Waals surface area contributed by atoms with E-state index in [0.717, 1.165) is 37.4 Å². The minimum Gasteiger partial charge on any atom is -0.495 e. The van der Waals surface area contributed by atoms with Crippen LogP contribution < -0.4 is 9.64 Å². The molecule has 2 aromatic rings. The van der Waals surface area contributed by atoms with Crippen LogP contribution in [0.5, 0.6) is 5.75 Å². The van der Waals surface area contributed by atoms with E-state index in [-0.39, 0.29) is 11.9 Å². The number of nitriles is 1. The first-order chi connectivity index (χ1) is 13.5. The van der Waals surface area contributed by atoms with Gasteiger partial charge in [0.2, 0.25) is 5.91 Å². The monoisotopic (exact) mass is 378 g/mol. The van der Waals surface area contributed by atoms with Crippen LogP contribution in [-0.2, 0) is 4.79 Å². The number of likely N-dealkylation sites (N-methyl/N-ethyl adjacent to an activating group) is 1. The molecular formula is C22H26N4O2. The van der Waals surface area contributed by atoms with Crippen LogP contribution in [0.25, 0.3) is 0 Å². The first-order valence-electron chi connectivity index (χ1n) is 9.38. The maximum atomic E-state index is 12.9. The summed E-state index contributed by atoms with van der Waals surface area (Å²) in [6.45, 7) is 3.13. The second-order valence-corrected chi connectivity index (χ2v) is 7.07. The molecule has 28 heavy (non-hydrogen) atoms. The number of rotatable bonds is 5. The van der Waals surface area contributed by atoms with Crippen molar-refractivity contribution in [1.82, 2.24) is 9.80 Å². The van der Waals surface area contributed by atoms with Gasteiger partial charge in [-0.1, -0.05) is 30.3 Å². The molecule has 1 atom stereocenters. The molecule has 0 aliphatic carbocycles. The number of carbonyl (C=O) groups is 1. The topological polar surface area (TPSA) is 59.8 Å². The standard InChI is InChI=1S/C22H26N4O2/c1-24(2)22(27)21(17-7-5-4-6-8-17)26-13-11-25(12-14-26)19-9-10-20(28-3)18(15-19)16-23/h4-10,15,21H,11-14H2,1-3H3. The highest BCUT2D eigenvalue weighted by Gasteiger charge is 2.31. The van der Waals surface area contributed by atoms with Crippen LogP contribution in [0.1, 0.15) is 17.2 Å². The Morgan fingerprint density at radius 3 is 2.36 bits per heavy atom. The van der Waals surface area contributed by atoms with Crippen LogP contribution in [0.2, 0.25) is 0 Å². The van der Waals surface area contributed by atoms with Crippen molar-refractivity contribution in [2.45, 2.75) is 6.04 Å². The average molecular weight is 378 g/mol. The number of hydrogen-bond acceptors (Lipinski definition) is 5. The zero-order valence-corrected chi connectivity index (χ0v) is 16.6. The molecule has 3 rings (SSSR count). The number of hydrogen-bond donors (Lipinski definition) is 0. The molecule has 1 aliphatic heterocycles. The van der Waals surface area contributed by atoms with Crippen LogP contribution in [0.15, 0.2) is 48.5 Å². The fraction of sp³-hybridized carbons (Fsp3) is 0.364. The Morgan fingerprint density at radius 1 is 1.11 bits per heavy atom. The van der Waals surface area contributed by atoms with Gasteiger partial charge in [-0.3, -0.25) is 9.69 Å². The predicted octanol–water partition coefficient (Wildman–Crippen LogP) is 2.52. The molecule has 2 aromatic carbocycles. The van der Waals surface area contributed by atoms with Crippen LogP contribution in [-0.4, -0.2) is 63.1 Å². The highest BCUT2D eigenvalue weighted by atomic mass is 16.5. The third-order valence-corrected chi connectivity index (χ3v) is 5.14. The average Bonchev–Trinajstić information content (AvgIpc) is 2.74. The van der Waals surface area contributed by atoms with Crippen molar-refractivity contribution in [3.05, 3.63) is 59.7 Å². The number of anilines is 1. The van der Waals surface area contributed by atoms with Gasteiger partial charge in [0.05, 0.1) is 12.7 Å². The molecule has 1 unspecified atom stereocenters. The van der Waals surface area contributed by atoms with Crippen molar-refractivity contribution in [3.8, 4) is 11.8 Å². The molecule has 6 heteroatoms. The van der Waals surface area contributed by atoms with E-state index in [2.05, 4.69) is 15.9 Å². The van der Waals surface area contributed by atoms with Gasteiger partial charge in [-0.15, -0.1) is 0 Å². The maximum absolute atomic E-state index is 12.9. The van der Waals surface area contributed by atoms with Gasteiger partial charge in [0.1, 0.15) is 17.9 Å². The lowest BCUT2D eigenvalue weighted by molar-refractivity contribution is -0.134. The normalized spacial score (nSPS) is 15.6. The van der Waals surface area contributed by atoms with E-state index >= 15 is 0 Å². The zero-order chi connectivity index (χ0) is 20.1. The third-order valence-electron chi connectivity index (χ3n) is 5.14. The van der Waals surface area contributed by atoms with E-state index in [9.17, 15) is 10.1 Å². The first kappa shape index (κ1) is 19.7. The zero-order valence-electron chi connectivity index (χ0n) is 16.6. The fourth-order valence-electron chi connectivity index (χ4n) is 3.61. The lowest BCUT2D eigenvalue weighted by Crippen LogP contribution is -2.51. The molecule has 146 valence electrons. The molecule has 0 aromatic heterocycles. The summed E-state index contributed by atoms with van der Waals surface area (Å²) in [5, 5.41) is 9.33. The summed E-state index contributed by atoms with van der Waals surface area (Å²) in [7, 11) is 5.17. The largest absolute Gasteiger partial charge is 0.495 e. The molecular weight excluding hydrogens is 352 g/mol. The van der Waals surface area contributed by atoms with Gasteiger partial charge in [-0.2, -0.15) is 5.26 Å². The minimum atomic E-state index is -0.274. The van der Waals surface area contributed by atoms with Crippen molar-refractivity contribution >= 4 is 11.6 Å². The van der Waals surface area contributed by atoms with E-state index in [1.54, 1.807) is 26.1 Å². The van der Waals surface area contributed by atoms with Crippen LogP contribution in [0, 0.1) is 11.3 Å². The summed E-state index contributed by atoms with van der Waals surface area (Å²) in [5.74, 6) is 0.682. The van der Waals surface area contributed by atoms with E-state index in [1.807, 2.05) is 48.5 Å². The van der Waals surface area contributed by atoms with Gasteiger partial charge in [0.25, 0.3) is 0 Å². The smallest absolute Gasteiger partial charge is 0.244 e. The summed E-state index contributed by atoms with van der Waals surface area (Å²) in [6.07, 6.45) is 0. The predicted molar refractivity (Wildman–Crippen MR) is 109 cm³/mol. The highest BCUT2D eigenvalue weighted by molar-refractivity contribution is 5.83. The molecule has 6 nitrogen and oxygen atoms in total. The van der Waals surface area contributed by atoms with Crippen LogP contribution in [0.3, 0.4) is 0 Å². The Morgan fingerprint density at radius 2 is 1.79 bits per heavy atom. The first-order valence-corrected chi connectivity index (χ1v) is 9.38. The SMILES string of the molecule is COc1ccc(N2CCN(C(C(=O)N(C)C)c3ccccc3)CC2)cc1C#N. The van der Waals surface area contributed by atoms with Crippen LogP contribution >= 0.6 is 0 Å². The summed E-state index contributed by atoms with van der Waals surface area (Å²) < 4.78 is 5.23. The molecule has 1 heterocycles. The number of nitrogens with zero attached hydrogens (tertiary/aromatic N) is 4. The highest BCUT2D eigenvalue weighted by Crippen LogP contribution is 2.28. The number of carbonyl (C=O) groups excluding carboxylic acids is 1. The Balaban J connectivity index is 1.76. The lowest BCUT2D eigenvalue weighted by atomic mass is 10.0. The summed E-state index contributed by atoms with van der Waals surface area (Å²) in [6, 6.07) is 17.5. The molecule has 1 aliphatic rings. The lowest BCUT2D eigenvalue weighted by Gasteiger charge is -2.40. The Hall–Kier alpha value is -3.04. The molecule has 0 radical (unpaired) electrons. The Kier molecular flexibility index (Phi) is 6.17. The van der Waals surface area contributed by atoms with Crippen molar-refractivity contribution in [1.29, 1.82) is 5.26 Å². The molecule has 1 fully saturated rings. The minimum absolute atomic E-state index is 0.0934. The molecule has 1 amide bonds. The van der Waals surface area contributed by atoms with Crippen molar-refractivity contribution < 1.29 is 9.53 Å². The molecule has 0 N–H and O–H groups in total. The molecule has 0 saturated carbocycles. The van der Waals surface area contributed by atoms with Crippen molar-refractivity contribution in [2.75, 3.05) is 52.3 Å². The van der Waals surface area contributed by atoms with Crippen molar-refractivity contribution in [3.63, 3.8) is 0 Å². The van der Waals surface area contributed by atoms with E-state index in [4.69, 9.17) is 4.74 Å². The van der Waals surface area contributed by atoms with E-state index in [1.165, 1.54) is 0 Å². The second kappa shape index (κ2) is 8.77.